The predicted molar refractivity (Wildman–Crippen MR) is 119 cm³/mol. The molecule has 0 aliphatic carbocycles. The Balaban J connectivity index is 1.51. The molecular formula is C23H22ClF2N3O3. The minimum absolute atomic E-state index is 0.0693. The Morgan fingerprint density at radius 1 is 1.16 bits per heavy atom. The minimum atomic E-state index is -2.52. The van der Waals surface area contributed by atoms with E-state index in [1.54, 1.807) is 30.5 Å². The number of halogens is 3. The van der Waals surface area contributed by atoms with Crippen molar-refractivity contribution in [1.29, 1.82) is 0 Å². The molecule has 0 unspecified atom stereocenters. The zero-order valence-electron chi connectivity index (χ0n) is 17.4. The van der Waals surface area contributed by atoms with Gasteiger partial charge in [-0.05, 0) is 61.4 Å². The first-order valence-electron chi connectivity index (χ1n) is 10.2. The van der Waals surface area contributed by atoms with Crippen LogP contribution in [0, 0.1) is 0 Å². The summed E-state index contributed by atoms with van der Waals surface area (Å²) in [4.78, 5) is 14.8. The van der Waals surface area contributed by atoms with Crippen LogP contribution in [0.25, 0.3) is 5.69 Å². The highest BCUT2D eigenvalue weighted by Crippen LogP contribution is 2.27. The van der Waals surface area contributed by atoms with E-state index in [4.69, 9.17) is 21.1 Å². The van der Waals surface area contributed by atoms with Crippen LogP contribution in [0.2, 0.25) is 5.02 Å². The van der Waals surface area contributed by atoms with Crippen molar-refractivity contribution in [1.82, 2.24) is 9.78 Å². The van der Waals surface area contributed by atoms with Crippen molar-refractivity contribution in [3.8, 4) is 17.2 Å². The molecule has 1 aliphatic heterocycles. The summed E-state index contributed by atoms with van der Waals surface area (Å²) in [6, 6.07) is 12.4. The molecular weight excluding hydrogens is 440 g/mol. The molecule has 1 aliphatic rings. The fraction of sp³-hybridized carbons (Fsp3) is 0.304. The first-order valence-corrected chi connectivity index (χ1v) is 10.6. The van der Waals surface area contributed by atoms with Gasteiger partial charge in [-0.15, -0.1) is 0 Å². The Bertz CT molecular complexity index is 1110. The van der Waals surface area contributed by atoms with E-state index in [0.29, 0.717) is 29.5 Å². The lowest BCUT2D eigenvalue weighted by atomic mass is 10.1. The molecule has 0 spiro atoms. The third-order valence-corrected chi connectivity index (χ3v) is 5.77. The standard InChI is InChI=1S/C23H22ClF2N3O3/c1-28(17-3-2-12-31-14-17)20-13-27-29(23(30)21(20)24)16-6-10-19(11-7-16)32-18-8-4-15(5-9-18)22(25)26/h4-11,13,17,22H,2-3,12,14H2,1H3/t17-/m1/s1. The lowest BCUT2D eigenvalue weighted by molar-refractivity contribution is 0.0807. The molecule has 0 saturated carbocycles. The Labute approximate surface area is 188 Å². The first kappa shape index (κ1) is 22.2. The van der Waals surface area contributed by atoms with Gasteiger partial charge in [-0.3, -0.25) is 4.79 Å². The molecule has 32 heavy (non-hydrogen) atoms. The number of benzene rings is 2. The van der Waals surface area contributed by atoms with Crippen LogP contribution in [-0.4, -0.2) is 36.1 Å². The molecule has 1 fully saturated rings. The van der Waals surface area contributed by atoms with Crippen LogP contribution in [0.3, 0.4) is 0 Å². The Hall–Kier alpha value is -2.97. The number of nitrogens with zero attached hydrogens (tertiary/aromatic N) is 3. The van der Waals surface area contributed by atoms with Crippen molar-refractivity contribution in [3.63, 3.8) is 0 Å². The predicted octanol–water partition coefficient (Wildman–Crippen LogP) is 5.23. The number of hydrogen-bond acceptors (Lipinski definition) is 5. The highest BCUT2D eigenvalue weighted by Gasteiger charge is 2.22. The van der Waals surface area contributed by atoms with E-state index in [9.17, 15) is 13.6 Å². The molecule has 1 atom stereocenters. The van der Waals surface area contributed by atoms with E-state index in [0.717, 1.165) is 19.4 Å². The molecule has 9 heteroatoms. The number of likely N-dealkylation sites (N-methyl/N-ethyl adjacent to an activating group) is 1. The molecule has 0 N–H and O–H groups in total. The monoisotopic (exact) mass is 461 g/mol. The van der Waals surface area contributed by atoms with Crippen molar-refractivity contribution in [2.45, 2.75) is 25.3 Å². The van der Waals surface area contributed by atoms with E-state index in [1.807, 2.05) is 11.9 Å². The fourth-order valence-corrected chi connectivity index (χ4v) is 3.81. The van der Waals surface area contributed by atoms with Crippen molar-refractivity contribution < 1.29 is 18.3 Å². The van der Waals surface area contributed by atoms with Crippen LogP contribution in [0.1, 0.15) is 24.8 Å². The number of hydrogen-bond donors (Lipinski definition) is 0. The summed E-state index contributed by atoms with van der Waals surface area (Å²) in [5, 5.41) is 4.38. The maximum Gasteiger partial charge on any atom is 0.292 e. The van der Waals surface area contributed by atoms with Crippen molar-refractivity contribution >= 4 is 17.3 Å². The van der Waals surface area contributed by atoms with Gasteiger partial charge in [-0.1, -0.05) is 11.6 Å². The van der Waals surface area contributed by atoms with Crippen LogP contribution in [0.15, 0.2) is 59.5 Å². The highest BCUT2D eigenvalue weighted by atomic mass is 35.5. The van der Waals surface area contributed by atoms with Gasteiger partial charge < -0.3 is 14.4 Å². The second-order valence-corrected chi connectivity index (χ2v) is 7.89. The second kappa shape index (κ2) is 9.67. The zero-order chi connectivity index (χ0) is 22.7. The van der Waals surface area contributed by atoms with E-state index in [2.05, 4.69) is 5.10 Å². The van der Waals surface area contributed by atoms with Gasteiger partial charge in [-0.25, -0.2) is 8.78 Å². The average Bonchev–Trinajstić information content (AvgIpc) is 2.82. The van der Waals surface area contributed by atoms with Gasteiger partial charge in [0.25, 0.3) is 12.0 Å². The van der Waals surface area contributed by atoms with E-state index >= 15 is 0 Å². The Morgan fingerprint density at radius 3 is 2.41 bits per heavy atom. The van der Waals surface area contributed by atoms with Crippen molar-refractivity contribution in [3.05, 3.63) is 75.7 Å². The quantitative estimate of drug-likeness (QED) is 0.503. The van der Waals surface area contributed by atoms with Crippen molar-refractivity contribution in [2.24, 2.45) is 0 Å². The molecule has 2 heterocycles. The van der Waals surface area contributed by atoms with Crippen LogP contribution in [0.4, 0.5) is 14.5 Å². The summed E-state index contributed by atoms with van der Waals surface area (Å²) < 4.78 is 37.8. The normalized spacial score (nSPS) is 16.2. The maximum absolute atomic E-state index is 12.9. The number of aromatic nitrogens is 2. The molecule has 1 aromatic heterocycles. The van der Waals surface area contributed by atoms with E-state index in [-0.39, 0.29) is 16.6 Å². The van der Waals surface area contributed by atoms with Gasteiger partial charge in [-0.2, -0.15) is 9.78 Å². The van der Waals surface area contributed by atoms with Crippen LogP contribution >= 0.6 is 11.6 Å². The first-order chi connectivity index (χ1) is 15.4. The summed E-state index contributed by atoms with van der Waals surface area (Å²) in [5.74, 6) is 0.922. The molecule has 0 radical (unpaired) electrons. The minimum Gasteiger partial charge on any atom is -0.457 e. The number of rotatable bonds is 6. The Kier molecular flexibility index (Phi) is 6.72. The summed E-state index contributed by atoms with van der Waals surface area (Å²) >= 11 is 6.40. The molecule has 2 aromatic carbocycles. The molecule has 6 nitrogen and oxygen atoms in total. The molecule has 1 saturated heterocycles. The number of alkyl halides is 2. The summed E-state index contributed by atoms with van der Waals surface area (Å²) in [6.45, 7) is 1.33. The number of anilines is 1. The number of ether oxygens (including phenoxy) is 2. The largest absolute Gasteiger partial charge is 0.457 e. The smallest absolute Gasteiger partial charge is 0.292 e. The van der Waals surface area contributed by atoms with Gasteiger partial charge in [0.2, 0.25) is 0 Å². The fourth-order valence-electron chi connectivity index (χ4n) is 3.55. The lowest BCUT2D eigenvalue weighted by Crippen LogP contribution is -2.39. The van der Waals surface area contributed by atoms with Crippen molar-refractivity contribution in [2.75, 3.05) is 25.2 Å². The van der Waals surface area contributed by atoms with E-state index < -0.39 is 12.0 Å². The highest BCUT2D eigenvalue weighted by molar-refractivity contribution is 6.33. The van der Waals surface area contributed by atoms with Crippen LogP contribution < -0.4 is 15.2 Å². The van der Waals surface area contributed by atoms with Gasteiger partial charge in [0.05, 0.1) is 30.2 Å². The van der Waals surface area contributed by atoms with Gasteiger partial charge >= 0.3 is 0 Å². The van der Waals surface area contributed by atoms with Crippen LogP contribution in [0.5, 0.6) is 11.5 Å². The topological polar surface area (TPSA) is 56.6 Å². The second-order valence-electron chi connectivity index (χ2n) is 7.51. The van der Waals surface area contributed by atoms with Gasteiger partial charge in [0, 0.05) is 19.2 Å². The van der Waals surface area contributed by atoms with E-state index in [1.165, 1.54) is 28.9 Å². The third kappa shape index (κ3) is 4.76. The average molecular weight is 462 g/mol. The summed E-state index contributed by atoms with van der Waals surface area (Å²) in [5.41, 5.74) is 0.590. The SMILES string of the molecule is CN(c1cnn(-c2ccc(Oc3ccc(C(F)F)cc3)cc2)c(=O)c1Cl)[C@@H]1CCCOC1. The molecule has 168 valence electrons. The van der Waals surface area contributed by atoms with Gasteiger partial charge in [0.15, 0.2) is 0 Å². The van der Waals surface area contributed by atoms with Gasteiger partial charge in [0.1, 0.15) is 16.5 Å². The maximum atomic E-state index is 12.9. The molecule has 4 rings (SSSR count). The van der Waals surface area contributed by atoms with Crippen LogP contribution in [-0.2, 0) is 4.74 Å². The zero-order valence-corrected chi connectivity index (χ0v) is 18.1. The lowest BCUT2D eigenvalue weighted by Gasteiger charge is -2.32. The third-order valence-electron chi connectivity index (χ3n) is 5.41. The molecule has 0 bridgehead atoms. The molecule has 3 aromatic rings. The summed E-state index contributed by atoms with van der Waals surface area (Å²) in [7, 11) is 1.88. The summed E-state index contributed by atoms with van der Waals surface area (Å²) in [6.07, 6.45) is 0.973. The Morgan fingerprint density at radius 2 is 1.81 bits per heavy atom. The molecule has 0 amide bonds.